The van der Waals surface area contributed by atoms with Crippen molar-refractivity contribution in [2.45, 2.75) is 31.2 Å². The van der Waals surface area contributed by atoms with Gasteiger partial charge in [0.15, 0.2) is 5.78 Å². The standard InChI is InChI=1S/C14H17Cl2N2O2/c15-11-5-4-9(7-12(11)16)10(8-19)14(20)13(18)3-1-2-6-17/h4-5,7,10,13H,1-3,6,17-18H2/t10?,13-/m1/s1. The summed E-state index contributed by atoms with van der Waals surface area (Å²) in [6, 6.07) is 3.90. The second kappa shape index (κ2) is 8.37. The minimum atomic E-state index is -1.03. The first-order valence-electron chi connectivity index (χ1n) is 6.33. The quantitative estimate of drug-likeness (QED) is 0.569. The number of unbranched alkanes of at least 4 members (excludes halogenated alkanes) is 1. The molecule has 0 aliphatic rings. The molecule has 0 amide bonds. The first-order valence-corrected chi connectivity index (χ1v) is 7.08. The van der Waals surface area contributed by atoms with E-state index in [0.717, 1.165) is 12.8 Å². The minimum Gasteiger partial charge on any atom is -0.330 e. The Kier molecular flexibility index (Phi) is 7.16. The van der Waals surface area contributed by atoms with E-state index in [1.165, 1.54) is 12.1 Å². The lowest BCUT2D eigenvalue weighted by molar-refractivity contribution is -0.120. The van der Waals surface area contributed by atoms with E-state index in [-0.39, 0.29) is 10.8 Å². The maximum absolute atomic E-state index is 12.2. The maximum atomic E-state index is 12.2. The number of nitrogens with two attached hydrogens (primary N) is 2. The molecule has 1 unspecified atom stereocenters. The molecule has 0 heterocycles. The molecule has 0 fully saturated rings. The molecule has 4 N–H and O–H groups in total. The fourth-order valence-electron chi connectivity index (χ4n) is 1.85. The van der Waals surface area contributed by atoms with Gasteiger partial charge in [0, 0.05) is 0 Å². The predicted octanol–water partition coefficient (Wildman–Crippen LogP) is 2.21. The number of Topliss-reactive ketones (excluding diaryl/α,β-unsaturated/α-hetero) is 1. The highest BCUT2D eigenvalue weighted by atomic mass is 35.5. The molecule has 1 aromatic carbocycles. The maximum Gasteiger partial charge on any atom is 0.214 e. The van der Waals surface area contributed by atoms with Gasteiger partial charge in [-0.2, -0.15) is 0 Å². The van der Waals surface area contributed by atoms with E-state index < -0.39 is 12.0 Å². The molecular formula is C14H17Cl2N2O2. The Hall–Kier alpha value is -0.940. The van der Waals surface area contributed by atoms with Crippen LogP contribution in [0.15, 0.2) is 18.2 Å². The van der Waals surface area contributed by atoms with E-state index in [4.69, 9.17) is 34.7 Å². The molecule has 0 saturated carbocycles. The zero-order valence-electron chi connectivity index (χ0n) is 10.9. The van der Waals surface area contributed by atoms with Gasteiger partial charge in [0.1, 0.15) is 5.92 Å². The molecule has 2 atom stereocenters. The zero-order valence-corrected chi connectivity index (χ0v) is 12.5. The Morgan fingerprint density at radius 2 is 1.95 bits per heavy atom. The van der Waals surface area contributed by atoms with E-state index in [0.29, 0.717) is 23.6 Å². The Balaban J connectivity index is 2.81. The van der Waals surface area contributed by atoms with Gasteiger partial charge in [-0.05, 0) is 37.1 Å². The van der Waals surface area contributed by atoms with E-state index >= 15 is 0 Å². The van der Waals surface area contributed by atoms with Gasteiger partial charge >= 0.3 is 0 Å². The van der Waals surface area contributed by atoms with Crippen molar-refractivity contribution >= 4 is 35.3 Å². The average molecular weight is 316 g/mol. The van der Waals surface area contributed by atoms with Gasteiger partial charge in [-0.3, -0.25) is 9.59 Å². The zero-order chi connectivity index (χ0) is 15.1. The van der Waals surface area contributed by atoms with Crippen LogP contribution in [0.4, 0.5) is 0 Å². The molecule has 109 valence electrons. The van der Waals surface area contributed by atoms with Crippen LogP contribution in [0.5, 0.6) is 0 Å². The van der Waals surface area contributed by atoms with Crippen molar-refractivity contribution < 1.29 is 9.59 Å². The number of ketones is 1. The lowest BCUT2D eigenvalue weighted by Crippen LogP contribution is -2.35. The van der Waals surface area contributed by atoms with Crippen LogP contribution >= 0.6 is 23.2 Å². The normalized spacial score (nSPS) is 13.8. The van der Waals surface area contributed by atoms with Crippen LogP contribution in [0.3, 0.4) is 0 Å². The highest BCUT2D eigenvalue weighted by Gasteiger charge is 2.26. The predicted molar refractivity (Wildman–Crippen MR) is 80.8 cm³/mol. The highest BCUT2D eigenvalue weighted by Crippen LogP contribution is 2.27. The number of hydrogen-bond donors (Lipinski definition) is 2. The minimum absolute atomic E-state index is 0.286. The molecule has 1 aromatic rings. The van der Waals surface area contributed by atoms with E-state index in [1.54, 1.807) is 12.4 Å². The van der Waals surface area contributed by atoms with Crippen LogP contribution in [0.2, 0.25) is 10.0 Å². The molecule has 0 saturated heterocycles. The van der Waals surface area contributed by atoms with Crippen molar-refractivity contribution in [3.8, 4) is 0 Å². The molecule has 6 heteroatoms. The van der Waals surface area contributed by atoms with Crippen LogP contribution < -0.4 is 11.5 Å². The molecule has 0 aromatic heterocycles. The highest BCUT2D eigenvalue weighted by molar-refractivity contribution is 6.42. The van der Waals surface area contributed by atoms with Gasteiger partial charge in [-0.15, -0.1) is 0 Å². The third kappa shape index (κ3) is 4.56. The Labute approximate surface area is 128 Å². The Morgan fingerprint density at radius 3 is 2.50 bits per heavy atom. The summed E-state index contributed by atoms with van der Waals surface area (Å²) in [4.78, 5) is 23.3. The van der Waals surface area contributed by atoms with Gasteiger partial charge in [-0.1, -0.05) is 35.7 Å². The summed E-state index contributed by atoms with van der Waals surface area (Å²) < 4.78 is 0. The molecule has 20 heavy (non-hydrogen) atoms. The van der Waals surface area contributed by atoms with Crippen LogP contribution in [0.1, 0.15) is 30.7 Å². The second-order valence-corrected chi connectivity index (χ2v) is 5.33. The molecule has 4 nitrogen and oxygen atoms in total. The van der Waals surface area contributed by atoms with Gasteiger partial charge in [0.05, 0.1) is 16.1 Å². The van der Waals surface area contributed by atoms with Crippen LogP contribution in [0.25, 0.3) is 0 Å². The SMILES string of the molecule is NCCCC[C@@H](N)C(=O)C([C]=O)c1ccc(Cl)c(Cl)c1. The van der Waals surface area contributed by atoms with Crippen molar-refractivity contribution in [1.82, 2.24) is 0 Å². The van der Waals surface area contributed by atoms with Crippen LogP contribution in [0, 0.1) is 0 Å². The lowest BCUT2D eigenvalue weighted by atomic mass is 9.90. The molecule has 0 bridgehead atoms. The number of benzene rings is 1. The summed E-state index contributed by atoms with van der Waals surface area (Å²) in [6.07, 6.45) is 3.77. The summed E-state index contributed by atoms with van der Waals surface area (Å²) in [5.74, 6) is -1.40. The fraction of sp³-hybridized carbons (Fsp3) is 0.429. The number of hydrogen-bond acceptors (Lipinski definition) is 4. The Bertz CT molecular complexity index is 480. The molecule has 0 spiro atoms. The van der Waals surface area contributed by atoms with Crippen LogP contribution in [-0.4, -0.2) is 24.7 Å². The fourth-order valence-corrected chi connectivity index (χ4v) is 2.15. The van der Waals surface area contributed by atoms with Crippen molar-refractivity contribution in [1.29, 1.82) is 0 Å². The summed E-state index contributed by atoms with van der Waals surface area (Å²) in [6.45, 7) is 0.553. The van der Waals surface area contributed by atoms with Crippen molar-refractivity contribution in [2.75, 3.05) is 6.54 Å². The first kappa shape index (κ1) is 17.1. The first-order chi connectivity index (χ1) is 9.51. The average Bonchev–Trinajstić information content (AvgIpc) is 2.43. The summed E-state index contributed by atoms with van der Waals surface area (Å²) in [5, 5.41) is 0.647. The van der Waals surface area contributed by atoms with Gasteiger partial charge < -0.3 is 11.5 Å². The lowest BCUT2D eigenvalue weighted by Gasteiger charge is -2.15. The summed E-state index contributed by atoms with van der Waals surface area (Å²) in [7, 11) is 0. The molecule has 1 radical (unpaired) electrons. The number of carbonyl (C=O) groups excluding carboxylic acids is 2. The number of carbonyl (C=O) groups is 1. The van der Waals surface area contributed by atoms with Crippen molar-refractivity contribution in [3.05, 3.63) is 33.8 Å². The van der Waals surface area contributed by atoms with Gasteiger partial charge in [0.25, 0.3) is 0 Å². The van der Waals surface area contributed by atoms with E-state index in [1.807, 2.05) is 0 Å². The summed E-state index contributed by atoms with van der Waals surface area (Å²) in [5.41, 5.74) is 11.6. The Morgan fingerprint density at radius 1 is 1.25 bits per heavy atom. The molecular weight excluding hydrogens is 299 g/mol. The molecule has 0 aliphatic heterocycles. The van der Waals surface area contributed by atoms with E-state index in [2.05, 4.69) is 0 Å². The van der Waals surface area contributed by atoms with Gasteiger partial charge in [0.2, 0.25) is 6.29 Å². The molecule has 0 aliphatic carbocycles. The largest absolute Gasteiger partial charge is 0.330 e. The summed E-state index contributed by atoms with van der Waals surface area (Å²) >= 11 is 11.7. The number of halogens is 2. The smallest absolute Gasteiger partial charge is 0.214 e. The van der Waals surface area contributed by atoms with Crippen LogP contribution in [-0.2, 0) is 9.59 Å². The van der Waals surface area contributed by atoms with Crippen molar-refractivity contribution in [3.63, 3.8) is 0 Å². The van der Waals surface area contributed by atoms with Gasteiger partial charge in [-0.25, -0.2) is 0 Å². The third-order valence-electron chi connectivity index (χ3n) is 3.01. The van der Waals surface area contributed by atoms with E-state index in [9.17, 15) is 9.59 Å². The topological polar surface area (TPSA) is 86.2 Å². The number of rotatable bonds is 8. The third-order valence-corrected chi connectivity index (χ3v) is 3.75. The second-order valence-electron chi connectivity index (χ2n) is 4.52. The molecule has 1 rings (SSSR count). The monoisotopic (exact) mass is 315 g/mol. The van der Waals surface area contributed by atoms with Crippen molar-refractivity contribution in [2.24, 2.45) is 11.5 Å².